The average molecular weight is 417 g/mol. The summed E-state index contributed by atoms with van der Waals surface area (Å²) in [6.45, 7) is 10.7. The molecule has 2 aliphatic rings. The second kappa shape index (κ2) is 10.1. The average Bonchev–Trinajstić information content (AvgIpc) is 2.96. The molecule has 2 aliphatic carbocycles. The lowest BCUT2D eigenvalue weighted by Crippen LogP contribution is -2.23. The molecule has 0 aliphatic heterocycles. The second-order valence-corrected chi connectivity index (χ2v) is 10.1. The number of hydrogen-bond acceptors (Lipinski definition) is 1. The van der Waals surface area contributed by atoms with Crippen molar-refractivity contribution in [3.63, 3.8) is 0 Å². The van der Waals surface area contributed by atoms with Crippen molar-refractivity contribution < 1.29 is 4.74 Å². The minimum atomic E-state index is 0.191. The lowest BCUT2D eigenvalue weighted by Gasteiger charge is -2.29. The summed E-state index contributed by atoms with van der Waals surface area (Å²) in [5.74, 6) is 3.27. The van der Waals surface area contributed by atoms with E-state index in [2.05, 4.69) is 69.8 Å². The molecule has 0 N–H and O–H groups in total. The number of benzene rings is 2. The van der Waals surface area contributed by atoms with Crippen LogP contribution in [0.25, 0.3) is 0 Å². The summed E-state index contributed by atoms with van der Waals surface area (Å²) in [6, 6.07) is 13.5. The summed E-state index contributed by atoms with van der Waals surface area (Å²) in [5, 5.41) is 0. The fourth-order valence-electron chi connectivity index (χ4n) is 6.13. The van der Waals surface area contributed by atoms with Gasteiger partial charge in [0.2, 0.25) is 0 Å². The first-order chi connectivity index (χ1) is 15.1. The number of allylic oxidation sites excluding steroid dienone is 1. The van der Waals surface area contributed by atoms with Crippen LogP contribution < -0.4 is 4.74 Å². The van der Waals surface area contributed by atoms with Gasteiger partial charge in [0.15, 0.2) is 0 Å². The number of fused-ring (bicyclic) bond motifs is 1. The first-order valence-electron chi connectivity index (χ1n) is 12.6. The van der Waals surface area contributed by atoms with Crippen molar-refractivity contribution in [1.29, 1.82) is 0 Å². The molecule has 2 aromatic carbocycles. The Kier molecular flexibility index (Phi) is 7.20. The van der Waals surface area contributed by atoms with Gasteiger partial charge in [-0.2, -0.15) is 0 Å². The Morgan fingerprint density at radius 2 is 1.84 bits per heavy atom. The molecule has 0 bridgehead atoms. The van der Waals surface area contributed by atoms with Crippen molar-refractivity contribution in [2.45, 2.75) is 84.7 Å². The van der Waals surface area contributed by atoms with Crippen LogP contribution in [-0.2, 0) is 12.8 Å². The van der Waals surface area contributed by atoms with E-state index in [9.17, 15) is 0 Å². The van der Waals surface area contributed by atoms with E-state index >= 15 is 0 Å². The fourth-order valence-corrected chi connectivity index (χ4v) is 6.13. The molecule has 1 heteroatoms. The van der Waals surface area contributed by atoms with Gasteiger partial charge in [0.05, 0.1) is 0 Å². The van der Waals surface area contributed by atoms with E-state index in [-0.39, 0.29) is 6.10 Å². The van der Waals surface area contributed by atoms with Gasteiger partial charge in [-0.25, -0.2) is 0 Å². The molecule has 0 aromatic heterocycles. The molecule has 4 atom stereocenters. The SMILES string of the molecule is C=CCCC1CCCC([C@H]2Cc3c(C)cc(C)cc3[C@@H]2Oc2ccc(CC)cc2)CC1. The quantitative estimate of drug-likeness (QED) is 0.326. The fraction of sp³-hybridized carbons (Fsp3) is 0.533. The van der Waals surface area contributed by atoms with Crippen LogP contribution in [-0.4, -0.2) is 0 Å². The molecule has 0 radical (unpaired) electrons. The minimum absolute atomic E-state index is 0.191. The van der Waals surface area contributed by atoms with Gasteiger partial charge >= 0.3 is 0 Å². The Labute approximate surface area is 189 Å². The van der Waals surface area contributed by atoms with Gasteiger partial charge < -0.3 is 4.74 Å². The monoisotopic (exact) mass is 416 g/mol. The summed E-state index contributed by atoms with van der Waals surface area (Å²) in [7, 11) is 0. The van der Waals surface area contributed by atoms with Crippen LogP contribution in [0, 0.1) is 31.6 Å². The van der Waals surface area contributed by atoms with Gasteiger partial charge in [-0.15, -0.1) is 6.58 Å². The van der Waals surface area contributed by atoms with E-state index in [1.54, 1.807) is 5.56 Å². The Balaban J connectivity index is 1.58. The van der Waals surface area contributed by atoms with Crippen molar-refractivity contribution in [2.75, 3.05) is 0 Å². The summed E-state index contributed by atoms with van der Waals surface area (Å²) in [4.78, 5) is 0. The van der Waals surface area contributed by atoms with E-state index in [0.717, 1.165) is 24.0 Å². The predicted molar refractivity (Wildman–Crippen MR) is 132 cm³/mol. The molecule has 166 valence electrons. The maximum absolute atomic E-state index is 6.80. The van der Waals surface area contributed by atoms with E-state index in [0.29, 0.717) is 5.92 Å². The van der Waals surface area contributed by atoms with E-state index in [1.807, 2.05) is 0 Å². The van der Waals surface area contributed by atoms with Gasteiger partial charge in [0.1, 0.15) is 11.9 Å². The highest BCUT2D eigenvalue weighted by atomic mass is 16.5. The molecule has 0 spiro atoms. The third-order valence-electron chi connectivity index (χ3n) is 7.90. The molecule has 1 saturated carbocycles. The molecule has 0 amide bonds. The molecule has 2 aromatic rings. The third kappa shape index (κ3) is 5.08. The Hall–Kier alpha value is -2.02. The Morgan fingerprint density at radius 3 is 2.58 bits per heavy atom. The molecule has 31 heavy (non-hydrogen) atoms. The van der Waals surface area contributed by atoms with Gasteiger partial charge in [-0.05, 0) is 92.2 Å². The van der Waals surface area contributed by atoms with Crippen LogP contribution in [0.5, 0.6) is 5.75 Å². The first kappa shape index (κ1) is 22.2. The summed E-state index contributed by atoms with van der Waals surface area (Å²) in [5.41, 5.74) is 7.19. The largest absolute Gasteiger partial charge is 0.485 e. The van der Waals surface area contributed by atoms with Crippen molar-refractivity contribution in [1.82, 2.24) is 0 Å². The third-order valence-corrected chi connectivity index (χ3v) is 7.90. The maximum Gasteiger partial charge on any atom is 0.127 e. The van der Waals surface area contributed by atoms with E-state index in [1.165, 1.54) is 73.6 Å². The maximum atomic E-state index is 6.80. The highest BCUT2D eigenvalue weighted by molar-refractivity contribution is 5.44. The zero-order valence-corrected chi connectivity index (χ0v) is 19.8. The number of hydrogen-bond donors (Lipinski definition) is 0. The molecule has 0 saturated heterocycles. The molecular formula is C30H40O. The minimum Gasteiger partial charge on any atom is -0.485 e. The zero-order chi connectivity index (χ0) is 21.8. The topological polar surface area (TPSA) is 9.23 Å². The van der Waals surface area contributed by atoms with Crippen LogP contribution in [0.1, 0.15) is 85.8 Å². The van der Waals surface area contributed by atoms with Crippen molar-refractivity contribution in [3.8, 4) is 5.75 Å². The van der Waals surface area contributed by atoms with Crippen molar-refractivity contribution in [3.05, 3.63) is 76.9 Å². The van der Waals surface area contributed by atoms with Crippen LogP contribution in [0.2, 0.25) is 0 Å². The van der Waals surface area contributed by atoms with Crippen LogP contribution in [0.4, 0.5) is 0 Å². The lowest BCUT2D eigenvalue weighted by molar-refractivity contribution is 0.102. The highest BCUT2D eigenvalue weighted by Crippen LogP contribution is 2.48. The van der Waals surface area contributed by atoms with Crippen molar-refractivity contribution >= 4 is 0 Å². The Bertz CT molecular complexity index is 878. The summed E-state index contributed by atoms with van der Waals surface area (Å²) >= 11 is 0. The molecule has 1 fully saturated rings. The first-order valence-corrected chi connectivity index (χ1v) is 12.6. The second-order valence-electron chi connectivity index (χ2n) is 10.1. The summed E-state index contributed by atoms with van der Waals surface area (Å²) in [6.07, 6.45) is 13.9. The molecular weight excluding hydrogens is 376 g/mol. The number of ether oxygens (including phenoxy) is 1. The van der Waals surface area contributed by atoms with Crippen molar-refractivity contribution in [2.24, 2.45) is 17.8 Å². The predicted octanol–water partition coefficient (Wildman–Crippen LogP) is 8.32. The highest BCUT2D eigenvalue weighted by Gasteiger charge is 2.40. The van der Waals surface area contributed by atoms with Gasteiger partial charge in [0, 0.05) is 5.92 Å². The van der Waals surface area contributed by atoms with Crippen LogP contribution in [0.3, 0.4) is 0 Å². The molecule has 1 nitrogen and oxygen atoms in total. The summed E-state index contributed by atoms with van der Waals surface area (Å²) < 4.78 is 6.80. The standard InChI is InChI=1S/C30H40O/c1-5-7-9-24-10-8-11-25(15-12-24)28-20-27-22(4)18-21(3)19-29(27)30(28)31-26-16-13-23(6-2)14-17-26/h5,13-14,16-19,24-25,28,30H,1,6-12,15,20H2,2-4H3/t24?,25?,28-,30-/m1/s1. The smallest absolute Gasteiger partial charge is 0.127 e. The normalized spacial score (nSPS) is 25.6. The molecule has 4 rings (SSSR count). The van der Waals surface area contributed by atoms with Gasteiger partial charge in [-0.3, -0.25) is 0 Å². The number of aryl methyl sites for hydroxylation is 3. The zero-order valence-electron chi connectivity index (χ0n) is 19.8. The number of rotatable bonds is 7. The van der Waals surface area contributed by atoms with E-state index in [4.69, 9.17) is 4.74 Å². The van der Waals surface area contributed by atoms with Gasteiger partial charge in [0.25, 0.3) is 0 Å². The van der Waals surface area contributed by atoms with Gasteiger partial charge in [-0.1, -0.05) is 68.5 Å². The molecule has 2 unspecified atom stereocenters. The van der Waals surface area contributed by atoms with Crippen LogP contribution in [0.15, 0.2) is 49.1 Å². The molecule has 0 heterocycles. The van der Waals surface area contributed by atoms with E-state index < -0.39 is 0 Å². The lowest BCUT2D eigenvalue weighted by atomic mass is 9.82. The Morgan fingerprint density at radius 1 is 1.03 bits per heavy atom. The van der Waals surface area contributed by atoms with Crippen LogP contribution >= 0.6 is 0 Å².